The summed E-state index contributed by atoms with van der Waals surface area (Å²) in [6.45, 7) is 9.36. The fraction of sp³-hybridized carbons (Fsp3) is 0.941. The van der Waals surface area contributed by atoms with Crippen molar-refractivity contribution in [3.63, 3.8) is 0 Å². The molecular formula is C17H37NO8Si. The van der Waals surface area contributed by atoms with Crippen LogP contribution in [0.4, 0.5) is 4.79 Å². The van der Waals surface area contributed by atoms with Crippen LogP contribution in [0.5, 0.6) is 0 Å². The lowest BCUT2D eigenvalue weighted by atomic mass is 10.2. The zero-order chi connectivity index (χ0) is 20.4. The lowest BCUT2D eigenvalue weighted by Crippen LogP contribution is -2.46. The van der Waals surface area contributed by atoms with E-state index in [2.05, 4.69) is 0 Å². The summed E-state index contributed by atoms with van der Waals surface area (Å²) < 4.78 is 38.5. The van der Waals surface area contributed by atoms with Crippen molar-refractivity contribution in [1.82, 2.24) is 0 Å². The van der Waals surface area contributed by atoms with Gasteiger partial charge in [-0.1, -0.05) is 0 Å². The predicted octanol–water partition coefficient (Wildman–Crippen LogP) is 1.96. The van der Waals surface area contributed by atoms with Gasteiger partial charge in [0.2, 0.25) is 0 Å². The SMILES string of the molecule is CCO[Si](CCCC(COC(N)=O)OCCOCCOC)(OCC)OCC. The van der Waals surface area contributed by atoms with E-state index in [-0.39, 0.29) is 12.7 Å². The molecule has 0 aromatic rings. The molecule has 10 heteroatoms. The molecule has 0 bridgehead atoms. The first-order chi connectivity index (χ1) is 13.0. The number of carbonyl (C=O) groups excluding carboxylic acids is 1. The highest BCUT2D eigenvalue weighted by Crippen LogP contribution is 2.20. The number of carbonyl (C=O) groups is 1. The fourth-order valence-electron chi connectivity index (χ4n) is 2.46. The van der Waals surface area contributed by atoms with Gasteiger partial charge in [0.1, 0.15) is 6.61 Å². The van der Waals surface area contributed by atoms with Crippen LogP contribution in [0.3, 0.4) is 0 Å². The van der Waals surface area contributed by atoms with Gasteiger partial charge < -0.3 is 38.0 Å². The Morgan fingerprint density at radius 2 is 1.56 bits per heavy atom. The smallest absolute Gasteiger partial charge is 0.447 e. The molecule has 0 fully saturated rings. The number of primary amides is 1. The van der Waals surface area contributed by atoms with Gasteiger partial charge in [0.25, 0.3) is 0 Å². The van der Waals surface area contributed by atoms with Gasteiger partial charge >= 0.3 is 14.9 Å². The molecule has 1 unspecified atom stereocenters. The highest BCUT2D eigenvalue weighted by molar-refractivity contribution is 6.60. The molecule has 1 atom stereocenters. The summed E-state index contributed by atoms with van der Waals surface area (Å²) in [5.74, 6) is 0. The summed E-state index contributed by atoms with van der Waals surface area (Å²) in [6, 6.07) is 0.670. The maximum absolute atomic E-state index is 10.9. The molecule has 2 N–H and O–H groups in total. The Hall–Kier alpha value is -0.753. The van der Waals surface area contributed by atoms with E-state index in [1.54, 1.807) is 7.11 Å². The maximum atomic E-state index is 10.9. The normalized spacial score (nSPS) is 12.9. The number of ether oxygens (including phenoxy) is 4. The number of nitrogens with two attached hydrogens (primary N) is 1. The van der Waals surface area contributed by atoms with Gasteiger partial charge in [-0.25, -0.2) is 4.79 Å². The van der Waals surface area contributed by atoms with E-state index in [4.69, 9.17) is 38.0 Å². The minimum absolute atomic E-state index is 0.0971. The molecule has 0 saturated heterocycles. The Bertz CT molecular complexity index is 345. The Morgan fingerprint density at radius 1 is 0.963 bits per heavy atom. The molecule has 0 saturated carbocycles. The van der Waals surface area contributed by atoms with E-state index in [1.165, 1.54) is 0 Å². The minimum Gasteiger partial charge on any atom is -0.447 e. The number of methoxy groups -OCH3 is 1. The van der Waals surface area contributed by atoms with Crippen LogP contribution in [0.1, 0.15) is 33.6 Å². The summed E-state index contributed by atoms with van der Waals surface area (Å²) in [7, 11) is -1.07. The second-order valence-corrected chi connectivity index (χ2v) is 8.33. The number of hydrogen-bond acceptors (Lipinski definition) is 8. The van der Waals surface area contributed by atoms with Crippen LogP contribution < -0.4 is 5.73 Å². The van der Waals surface area contributed by atoms with Crippen LogP contribution in [0.2, 0.25) is 6.04 Å². The lowest BCUT2D eigenvalue weighted by Gasteiger charge is -2.29. The van der Waals surface area contributed by atoms with Crippen LogP contribution in [0.25, 0.3) is 0 Å². The molecule has 9 nitrogen and oxygen atoms in total. The third-order valence-corrected chi connectivity index (χ3v) is 6.68. The summed E-state index contributed by atoms with van der Waals surface area (Å²) in [5.41, 5.74) is 5.06. The standard InChI is InChI=1S/C17H37NO8Si/c1-5-24-27(25-6-2,26-7-3)14-8-9-16(15-23-17(18)19)22-13-12-21-11-10-20-4/h16H,5-15H2,1-4H3,(H2,18,19). The van der Waals surface area contributed by atoms with Crippen molar-refractivity contribution < 1.29 is 37.0 Å². The van der Waals surface area contributed by atoms with E-state index in [1.807, 2.05) is 20.8 Å². The predicted molar refractivity (Wildman–Crippen MR) is 103 cm³/mol. The third kappa shape index (κ3) is 14.0. The van der Waals surface area contributed by atoms with Crippen molar-refractivity contribution in [1.29, 1.82) is 0 Å². The molecule has 0 rings (SSSR count). The second-order valence-electron chi connectivity index (χ2n) is 5.60. The van der Waals surface area contributed by atoms with Gasteiger partial charge in [0.15, 0.2) is 0 Å². The van der Waals surface area contributed by atoms with E-state index in [0.29, 0.717) is 58.7 Å². The van der Waals surface area contributed by atoms with Crippen LogP contribution >= 0.6 is 0 Å². The van der Waals surface area contributed by atoms with Crippen LogP contribution in [0.15, 0.2) is 0 Å². The Morgan fingerprint density at radius 3 is 2.07 bits per heavy atom. The van der Waals surface area contributed by atoms with Crippen LogP contribution in [-0.2, 0) is 32.2 Å². The second kappa shape index (κ2) is 17.4. The van der Waals surface area contributed by atoms with E-state index in [9.17, 15) is 4.79 Å². The Labute approximate surface area is 164 Å². The van der Waals surface area contributed by atoms with Crippen molar-refractivity contribution in [2.45, 2.75) is 45.8 Å². The monoisotopic (exact) mass is 411 g/mol. The van der Waals surface area contributed by atoms with Gasteiger partial charge in [0.05, 0.1) is 32.5 Å². The summed E-state index contributed by atoms with van der Waals surface area (Å²) >= 11 is 0. The lowest BCUT2D eigenvalue weighted by molar-refractivity contribution is -0.0316. The topological polar surface area (TPSA) is 108 Å². The molecule has 0 aromatic carbocycles. The number of amides is 1. The van der Waals surface area contributed by atoms with E-state index >= 15 is 0 Å². The summed E-state index contributed by atoms with van der Waals surface area (Å²) in [6.07, 6.45) is 0.318. The molecule has 1 amide bonds. The molecule has 0 radical (unpaired) electrons. The molecule has 27 heavy (non-hydrogen) atoms. The van der Waals surface area contributed by atoms with Gasteiger partial charge in [-0.2, -0.15) is 0 Å². The van der Waals surface area contributed by atoms with Crippen molar-refractivity contribution in [3.8, 4) is 0 Å². The number of rotatable bonds is 19. The van der Waals surface area contributed by atoms with Gasteiger partial charge in [-0.05, 0) is 33.6 Å². The average Bonchev–Trinajstić information content (AvgIpc) is 2.62. The zero-order valence-electron chi connectivity index (χ0n) is 17.2. The molecule has 162 valence electrons. The Balaban J connectivity index is 4.45. The van der Waals surface area contributed by atoms with Crippen LogP contribution in [0, 0.1) is 0 Å². The molecule has 0 aliphatic rings. The first-order valence-electron chi connectivity index (χ1n) is 9.55. The maximum Gasteiger partial charge on any atom is 0.500 e. The first-order valence-corrected chi connectivity index (χ1v) is 11.5. The zero-order valence-corrected chi connectivity index (χ0v) is 18.2. The van der Waals surface area contributed by atoms with Crippen molar-refractivity contribution >= 4 is 14.9 Å². The average molecular weight is 412 g/mol. The summed E-state index contributed by atoms with van der Waals surface area (Å²) in [5, 5.41) is 0. The molecule has 0 aliphatic carbocycles. The van der Waals surface area contributed by atoms with Crippen molar-refractivity contribution in [3.05, 3.63) is 0 Å². The van der Waals surface area contributed by atoms with E-state index in [0.717, 1.165) is 6.42 Å². The van der Waals surface area contributed by atoms with Crippen LogP contribution in [-0.4, -0.2) is 81.0 Å². The Kier molecular flexibility index (Phi) is 16.9. The molecule has 0 aromatic heterocycles. The number of hydrogen-bond donors (Lipinski definition) is 1. The molecule has 0 aliphatic heterocycles. The molecular weight excluding hydrogens is 374 g/mol. The molecule has 0 spiro atoms. The highest BCUT2D eigenvalue weighted by atomic mass is 28.4. The van der Waals surface area contributed by atoms with Crippen molar-refractivity contribution in [2.24, 2.45) is 5.73 Å². The van der Waals surface area contributed by atoms with Gasteiger partial charge in [-0.15, -0.1) is 0 Å². The largest absolute Gasteiger partial charge is 0.500 e. The summed E-state index contributed by atoms with van der Waals surface area (Å²) in [4.78, 5) is 10.9. The third-order valence-electron chi connectivity index (χ3n) is 3.53. The van der Waals surface area contributed by atoms with Gasteiger partial charge in [0, 0.05) is 33.0 Å². The van der Waals surface area contributed by atoms with E-state index < -0.39 is 14.9 Å². The highest BCUT2D eigenvalue weighted by Gasteiger charge is 2.39. The van der Waals surface area contributed by atoms with Crippen molar-refractivity contribution in [2.75, 3.05) is 60.0 Å². The quantitative estimate of drug-likeness (QED) is 0.254. The first kappa shape index (κ1) is 26.2. The fourth-order valence-corrected chi connectivity index (χ4v) is 5.09. The molecule has 0 heterocycles. The minimum atomic E-state index is -2.69. The van der Waals surface area contributed by atoms with Gasteiger partial charge in [-0.3, -0.25) is 0 Å².